The summed E-state index contributed by atoms with van der Waals surface area (Å²) in [7, 11) is 0. The summed E-state index contributed by atoms with van der Waals surface area (Å²) < 4.78 is 46.0. The van der Waals surface area contributed by atoms with Crippen LogP contribution in [0.15, 0.2) is 121 Å². The summed E-state index contributed by atoms with van der Waals surface area (Å²) in [6, 6.07) is 40.2. The molecule has 0 radical (unpaired) electrons. The van der Waals surface area contributed by atoms with Crippen LogP contribution in [0.4, 0.5) is 0 Å². The normalized spacial score (nSPS) is 25.2. The smallest absolute Gasteiger partial charge is 0.302 e. The summed E-state index contributed by atoms with van der Waals surface area (Å²) in [5, 5.41) is 0. The van der Waals surface area contributed by atoms with E-state index in [1.165, 1.54) is 6.92 Å². The number of esters is 1. The molecule has 0 N–H and O–H groups in total. The highest BCUT2D eigenvalue weighted by Crippen LogP contribution is 2.34. The lowest BCUT2D eigenvalue weighted by molar-refractivity contribution is -0.342. The quantitative estimate of drug-likeness (QED) is 0.112. The van der Waals surface area contributed by atoms with Crippen molar-refractivity contribution in [2.75, 3.05) is 6.61 Å². The molecule has 0 spiro atoms. The second-order valence-electron chi connectivity index (χ2n) is 12.9. The maximum atomic E-state index is 12.1. The van der Waals surface area contributed by atoms with Gasteiger partial charge in [-0.15, -0.1) is 0 Å². The van der Waals surface area contributed by atoms with E-state index < -0.39 is 30.7 Å². The second kappa shape index (κ2) is 18.9. The topological polar surface area (TPSA) is 81.7 Å². The minimum absolute atomic E-state index is 0.239. The Kier molecular flexibility index (Phi) is 13.6. The van der Waals surface area contributed by atoms with Gasteiger partial charge in [-0.1, -0.05) is 128 Å². The molecular weight excluding hydrogens is 632 g/mol. The maximum absolute atomic E-state index is 12.1. The van der Waals surface area contributed by atoms with E-state index in [1.807, 2.05) is 121 Å². The molecule has 1 saturated heterocycles. The molecular formula is C42H48O8. The third kappa shape index (κ3) is 10.6. The highest BCUT2D eigenvalue weighted by molar-refractivity contribution is 5.66. The molecule has 0 amide bonds. The number of hydrogen-bond acceptors (Lipinski definition) is 8. The Bertz CT molecular complexity index is 1540. The van der Waals surface area contributed by atoms with Gasteiger partial charge in [0.25, 0.3) is 0 Å². The minimum Gasteiger partial charge on any atom is -0.460 e. The molecule has 8 nitrogen and oxygen atoms in total. The molecule has 2 fully saturated rings. The molecule has 1 aliphatic carbocycles. The predicted octanol–water partition coefficient (Wildman–Crippen LogP) is 7.58. The van der Waals surface area contributed by atoms with Crippen LogP contribution in [0.25, 0.3) is 0 Å². The molecule has 7 atom stereocenters. The van der Waals surface area contributed by atoms with Gasteiger partial charge in [-0.2, -0.15) is 0 Å². The molecule has 5 unspecified atom stereocenters. The van der Waals surface area contributed by atoms with Gasteiger partial charge < -0.3 is 33.2 Å². The Morgan fingerprint density at radius 1 is 0.580 bits per heavy atom. The molecule has 0 aromatic heterocycles. The Hall–Kier alpha value is -3.89. The molecule has 1 heterocycles. The third-order valence-electron chi connectivity index (χ3n) is 9.11. The van der Waals surface area contributed by atoms with Gasteiger partial charge in [0, 0.05) is 6.92 Å². The monoisotopic (exact) mass is 680 g/mol. The van der Waals surface area contributed by atoms with Crippen LogP contribution in [0.1, 0.15) is 54.9 Å². The van der Waals surface area contributed by atoms with Crippen LogP contribution in [-0.4, -0.2) is 55.5 Å². The number of rotatable bonds is 16. The Labute approximate surface area is 295 Å². The number of benzene rings is 4. The number of ether oxygens (including phenoxy) is 7. The fourth-order valence-corrected chi connectivity index (χ4v) is 6.60. The van der Waals surface area contributed by atoms with Crippen LogP contribution in [-0.2, 0) is 64.4 Å². The van der Waals surface area contributed by atoms with E-state index in [0.717, 1.165) is 47.9 Å². The van der Waals surface area contributed by atoms with E-state index in [2.05, 4.69) is 0 Å². The molecule has 1 saturated carbocycles. The average molecular weight is 681 g/mol. The Balaban J connectivity index is 1.32. The van der Waals surface area contributed by atoms with E-state index in [1.54, 1.807) is 0 Å². The van der Waals surface area contributed by atoms with E-state index in [0.29, 0.717) is 26.4 Å². The van der Waals surface area contributed by atoms with Gasteiger partial charge >= 0.3 is 5.97 Å². The largest absolute Gasteiger partial charge is 0.460 e. The van der Waals surface area contributed by atoms with Crippen molar-refractivity contribution in [3.63, 3.8) is 0 Å². The number of carbonyl (C=O) groups is 1. The fourth-order valence-electron chi connectivity index (χ4n) is 6.60. The zero-order valence-corrected chi connectivity index (χ0v) is 28.7. The van der Waals surface area contributed by atoms with Gasteiger partial charge in [0.2, 0.25) is 0 Å². The van der Waals surface area contributed by atoms with Gasteiger partial charge in [0.1, 0.15) is 30.5 Å². The van der Waals surface area contributed by atoms with E-state index >= 15 is 0 Å². The van der Waals surface area contributed by atoms with Crippen LogP contribution >= 0.6 is 0 Å². The highest BCUT2D eigenvalue weighted by atomic mass is 16.7. The zero-order valence-electron chi connectivity index (χ0n) is 28.7. The first-order chi connectivity index (χ1) is 24.6. The average Bonchev–Trinajstić information content (AvgIpc) is 3.15. The lowest BCUT2D eigenvalue weighted by Gasteiger charge is -2.47. The lowest BCUT2D eigenvalue weighted by atomic mass is 9.93. The molecule has 4 aromatic carbocycles. The van der Waals surface area contributed by atoms with Crippen molar-refractivity contribution in [1.82, 2.24) is 0 Å². The molecule has 2 aliphatic rings. The first-order valence-corrected chi connectivity index (χ1v) is 17.7. The van der Waals surface area contributed by atoms with Crippen LogP contribution < -0.4 is 0 Å². The number of carbonyl (C=O) groups excluding carboxylic acids is 1. The van der Waals surface area contributed by atoms with Crippen molar-refractivity contribution in [1.29, 1.82) is 0 Å². The first-order valence-electron chi connectivity index (χ1n) is 17.7. The molecule has 0 bridgehead atoms. The SMILES string of the molecule is CC(=O)O[C@@H]1CCCC[C@H]1OC1OC(COCc2ccccc2)C(OCc2ccccc2)C(OCc2ccccc2)C1OCc1ccccc1. The van der Waals surface area contributed by atoms with Crippen LogP contribution in [0.5, 0.6) is 0 Å². The van der Waals surface area contributed by atoms with Gasteiger partial charge in [-0.3, -0.25) is 4.79 Å². The summed E-state index contributed by atoms with van der Waals surface area (Å²) in [4.78, 5) is 12.1. The lowest BCUT2D eigenvalue weighted by Crippen LogP contribution is -2.62. The summed E-state index contributed by atoms with van der Waals surface area (Å²) >= 11 is 0. The summed E-state index contributed by atoms with van der Waals surface area (Å²) in [5.41, 5.74) is 4.13. The Morgan fingerprint density at radius 2 is 1.02 bits per heavy atom. The van der Waals surface area contributed by atoms with E-state index in [-0.39, 0.29) is 24.8 Å². The van der Waals surface area contributed by atoms with Crippen LogP contribution in [0.2, 0.25) is 0 Å². The van der Waals surface area contributed by atoms with Crippen molar-refractivity contribution in [3.8, 4) is 0 Å². The molecule has 6 rings (SSSR count). The molecule has 1 aliphatic heterocycles. The summed E-state index contributed by atoms with van der Waals surface area (Å²) in [5.74, 6) is -0.322. The number of hydrogen-bond donors (Lipinski definition) is 0. The van der Waals surface area contributed by atoms with Gasteiger partial charge in [0.15, 0.2) is 6.29 Å². The molecule has 4 aromatic rings. The van der Waals surface area contributed by atoms with Crippen molar-refractivity contribution in [2.24, 2.45) is 0 Å². The second-order valence-corrected chi connectivity index (χ2v) is 12.9. The molecule has 264 valence electrons. The van der Waals surface area contributed by atoms with Crippen molar-refractivity contribution < 1.29 is 38.0 Å². The molecule has 50 heavy (non-hydrogen) atoms. The van der Waals surface area contributed by atoms with Crippen molar-refractivity contribution >= 4 is 5.97 Å². The first kappa shape index (κ1) is 35.9. The molecule has 8 heteroatoms. The zero-order chi connectivity index (χ0) is 34.4. The van der Waals surface area contributed by atoms with Crippen LogP contribution in [0, 0.1) is 0 Å². The predicted molar refractivity (Wildman–Crippen MR) is 189 cm³/mol. The van der Waals surface area contributed by atoms with Gasteiger partial charge in [-0.25, -0.2) is 0 Å². The minimum atomic E-state index is -0.845. The summed E-state index contributed by atoms with van der Waals surface area (Å²) in [6.07, 6.45) is -0.571. The summed E-state index contributed by atoms with van der Waals surface area (Å²) in [6.45, 7) is 3.10. The van der Waals surface area contributed by atoms with Gasteiger partial charge in [-0.05, 0) is 41.5 Å². The standard InChI is InChI=1S/C42H48O8/c1-31(43)48-36-24-14-15-25-37(36)49-42-41(47-29-35-22-12-5-13-23-35)40(46-28-34-20-10-4-11-21-34)39(45-27-33-18-8-3-9-19-33)38(50-42)30-44-26-32-16-6-2-7-17-32/h2-13,16-23,36-42H,14-15,24-30H2,1H3/t36-,37-,38?,39?,40?,41?,42?/m1/s1. The van der Waals surface area contributed by atoms with Crippen molar-refractivity contribution in [3.05, 3.63) is 144 Å². The fraction of sp³-hybridized carbons (Fsp3) is 0.405. The maximum Gasteiger partial charge on any atom is 0.302 e. The van der Waals surface area contributed by atoms with Crippen molar-refractivity contribution in [2.45, 2.75) is 102 Å². The highest BCUT2D eigenvalue weighted by Gasteiger charge is 2.50. The van der Waals surface area contributed by atoms with Crippen LogP contribution in [0.3, 0.4) is 0 Å². The van der Waals surface area contributed by atoms with E-state index in [9.17, 15) is 4.79 Å². The third-order valence-corrected chi connectivity index (χ3v) is 9.11. The van der Waals surface area contributed by atoms with E-state index in [4.69, 9.17) is 33.2 Å². The Morgan fingerprint density at radius 3 is 1.52 bits per heavy atom. The van der Waals surface area contributed by atoms with Gasteiger partial charge in [0.05, 0.1) is 39.1 Å².